The average molecular weight is 388 g/mol. The number of benzene rings is 1. The molecule has 2 heterocycles. The first-order chi connectivity index (χ1) is 12.7. The molecule has 26 heavy (non-hydrogen) atoms. The second kappa shape index (κ2) is 8.92. The van der Waals surface area contributed by atoms with Gasteiger partial charge >= 0.3 is 156 Å². The van der Waals surface area contributed by atoms with Crippen molar-refractivity contribution in [2.24, 2.45) is 0 Å². The third kappa shape index (κ3) is 4.48. The van der Waals surface area contributed by atoms with Crippen molar-refractivity contribution in [3.05, 3.63) is 41.4 Å². The Hall–Kier alpha value is -2.24. The molecule has 0 bridgehead atoms. The molecule has 2 amide bonds. The van der Waals surface area contributed by atoms with Gasteiger partial charge in [-0.15, -0.1) is 0 Å². The second-order valence-electron chi connectivity index (χ2n) is 5.61. The van der Waals surface area contributed by atoms with Crippen molar-refractivity contribution < 1.29 is 14.2 Å². The summed E-state index contributed by atoms with van der Waals surface area (Å²) in [6.45, 7) is 2.46. The number of thiazole rings is 1. The van der Waals surface area contributed by atoms with Gasteiger partial charge in [0.15, 0.2) is 0 Å². The van der Waals surface area contributed by atoms with Gasteiger partial charge in [0.1, 0.15) is 0 Å². The summed E-state index contributed by atoms with van der Waals surface area (Å²) in [6.07, 6.45) is 0. The van der Waals surface area contributed by atoms with Crippen molar-refractivity contribution in [3.63, 3.8) is 0 Å². The summed E-state index contributed by atoms with van der Waals surface area (Å²) in [5.74, 6) is -0.810. The Bertz CT molecular complexity index is 891. The monoisotopic (exact) mass is 388 g/mol. The Labute approximate surface area is 155 Å². The van der Waals surface area contributed by atoms with Gasteiger partial charge in [0.05, 0.1) is 0 Å². The van der Waals surface area contributed by atoms with Gasteiger partial charge in [-0.3, -0.25) is 0 Å². The molecular weight excluding hydrogens is 371 g/mol. The topological polar surface area (TPSA) is 91.4 Å². The number of nitrogens with one attached hydrogen (secondary N) is 2. The zero-order valence-electron chi connectivity index (χ0n) is 13.8. The molecule has 0 radical (unpaired) electrons. The fourth-order valence-electron chi connectivity index (χ4n) is 2.57. The van der Waals surface area contributed by atoms with Crippen molar-refractivity contribution in [3.8, 4) is 16.2 Å². The summed E-state index contributed by atoms with van der Waals surface area (Å²) in [5, 5.41) is 8.08. The first-order valence-corrected chi connectivity index (χ1v) is 9.77. The molecule has 3 rings (SSSR count). The van der Waals surface area contributed by atoms with Crippen LogP contribution < -0.4 is 10.6 Å². The Morgan fingerprint density at radius 3 is 2.69 bits per heavy atom. The Kier molecular flexibility index (Phi) is 6.36. The number of nitrogens with zero attached hydrogens (tertiary/aromatic N) is 2. The molecule has 1 aliphatic heterocycles. The summed E-state index contributed by atoms with van der Waals surface area (Å²) in [4.78, 5) is 31.0. The summed E-state index contributed by atoms with van der Waals surface area (Å²) in [6, 6.07) is 8.46. The fraction of sp³-hybridized carbons (Fsp3) is 0.294. The van der Waals surface area contributed by atoms with Crippen molar-refractivity contribution in [2.45, 2.75) is 6.04 Å². The zero-order valence-corrected chi connectivity index (χ0v) is 15.6. The molecule has 1 fully saturated rings. The van der Waals surface area contributed by atoms with E-state index in [0.29, 0.717) is 26.2 Å². The van der Waals surface area contributed by atoms with Crippen LogP contribution in [0.25, 0.3) is 10.6 Å². The summed E-state index contributed by atoms with van der Waals surface area (Å²) in [5.41, 5.74) is 3.60. The minimum absolute atomic E-state index is 0.219. The number of carbonyl (C=O) groups excluding carboxylic acids is 2. The van der Waals surface area contributed by atoms with Crippen LogP contribution in [-0.4, -0.2) is 53.9 Å². The molecule has 0 aliphatic carbocycles. The first-order valence-electron chi connectivity index (χ1n) is 8.08. The molecule has 1 aromatic carbocycles. The van der Waals surface area contributed by atoms with Crippen LogP contribution >= 0.6 is 19.3 Å². The van der Waals surface area contributed by atoms with Gasteiger partial charge in [-0.05, 0) is 0 Å². The van der Waals surface area contributed by atoms with Crippen LogP contribution in [0.5, 0.6) is 0 Å². The average Bonchev–Trinajstić information content (AvgIpc) is 3.19. The van der Waals surface area contributed by atoms with E-state index in [0.717, 1.165) is 10.6 Å². The molecule has 2 N–H and O–H groups in total. The Balaban J connectivity index is 1.72. The summed E-state index contributed by atoms with van der Waals surface area (Å²) >= 11 is 1.35. The molecule has 1 aromatic heterocycles. The number of aromatic nitrogens is 1. The molecule has 1 saturated heterocycles. The number of rotatable bonds is 4. The quantitative estimate of drug-likeness (QED) is 0.777. The maximum absolute atomic E-state index is 12.5. The third-order valence-corrected chi connectivity index (χ3v) is 5.15. The standard InChI is InChI=1S/C17H17N4O3PS/c22-15(14-11-26-16(20-14)12-4-2-1-3-5-12)19-13(10-25-24)17(23)21-8-6-18-7-9-21/h1-5,11,13,18H,6-9H2,(H,19,22)/t13-/m0/s1. The fourth-order valence-corrected chi connectivity index (χ4v) is 3.65. The van der Waals surface area contributed by atoms with E-state index < -0.39 is 19.9 Å². The molecule has 0 spiro atoms. The van der Waals surface area contributed by atoms with Gasteiger partial charge in [0.2, 0.25) is 0 Å². The van der Waals surface area contributed by atoms with Crippen molar-refractivity contribution >= 4 is 31.1 Å². The minimum atomic E-state index is -1.07. The van der Waals surface area contributed by atoms with Crippen LogP contribution in [0.2, 0.25) is 0 Å². The van der Waals surface area contributed by atoms with Crippen molar-refractivity contribution in [1.82, 2.24) is 20.5 Å². The van der Waals surface area contributed by atoms with E-state index in [1.807, 2.05) is 30.3 Å². The normalized spacial score (nSPS) is 15.0. The third-order valence-electron chi connectivity index (χ3n) is 3.89. The molecule has 2 aromatic rings. The predicted molar refractivity (Wildman–Crippen MR) is 99.7 cm³/mol. The number of piperazine rings is 1. The van der Waals surface area contributed by atoms with E-state index in [1.165, 1.54) is 11.3 Å². The number of hydrogen-bond donors (Lipinski definition) is 2. The SMILES string of the molecule is O=P#C[C@H](NC(=O)c1csc(-c2ccccc2)n1)C(=O)N1CCNCC1. The van der Waals surface area contributed by atoms with Gasteiger partial charge < -0.3 is 0 Å². The van der Waals surface area contributed by atoms with Gasteiger partial charge in [-0.2, -0.15) is 0 Å². The van der Waals surface area contributed by atoms with E-state index >= 15 is 0 Å². The van der Waals surface area contributed by atoms with Crippen molar-refractivity contribution in [1.29, 1.82) is 0 Å². The number of carbonyl (C=O) groups is 2. The van der Waals surface area contributed by atoms with Gasteiger partial charge in [0.25, 0.3) is 0 Å². The van der Waals surface area contributed by atoms with E-state index in [-0.39, 0.29) is 11.6 Å². The van der Waals surface area contributed by atoms with Crippen LogP contribution in [0.15, 0.2) is 35.7 Å². The Morgan fingerprint density at radius 2 is 2.00 bits per heavy atom. The second-order valence-corrected chi connectivity index (χ2v) is 6.90. The molecule has 1 aliphatic rings. The molecule has 0 unspecified atom stereocenters. The van der Waals surface area contributed by atoms with Crippen LogP contribution in [0.3, 0.4) is 0 Å². The maximum atomic E-state index is 12.5. The van der Waals surface area contributed by atoms with Crippen LogP contribution in [-0.2, 0) is 9.36 Å². The van der Waals surface area contributed by atoms with Gasteiger partial charge in [-0.25, -0.2) is 0 Å². The van der Waals surface area contributed by atoms with E-state index in [4.69, 9.17) is 0 Å². The van der Waals surface area contributed by atoms with Gasteiger partial charge in [0, 0.05) is 0 Å². The van der Waals surface area contributed by atoms with Crippen LogP contribution in [0, 0.1) is 5.63 Å². The van der Waals surface area contributed by atoms with E-state index in [9.17, 15) is 14.2 Å². The summed E-state index contributed by atoms with van der Waals surface area (Å²) < 4.78 is 10.9. The molecule has 134 valence electrons. The van der Waals surface area contributed by atoms with Gasteiger partial charge in [-0.1, -0.05) is 0 Å². The molecule has 7 nitrogen and oxygen atoms in total. The molecular formula is C17H17N4O3PS. The molecule has 0 saturated carbocycles. The number of hydrogen-bond acceptors (Lipinski definition) is 6. The number of amides is 2. The Morgan fingerprint density at radius 1 is 1.27 bits per heavy atom. The van der Waals surface area contributed by atoms with Crippen molar-refractivity contribution in [2.75, 3.05) is 26.2 Å². The molecule has 1 atom stereocenters. The first kappa shape index (κ1) is 18.5. The van der Waals surface area contributed by atoms with E-state index in [2.05, 4.69) is 21.2 Å². The molecule has 9 heteroatoms. The van der Waals surface area contributed by atoms with Crippen LogP contribution in [0.4, 0.5) is 0 Å². The predicted octanol–water partition coefficient (Wildman–Crippen LogP) is 1.59. The zero-order chi connectivity index (χ0) is 18.4. The van der Waals surface area contributed by atoms with Crippen LogP contribution in [0.1, 0.15) is 10.5 Å². The summed E-state index contributed by atoms with van der Waals surface area (Å²) in [7, 11) is -0.432. The van der Waals surface area contributed by atoms with E-state index in [1.54, 1.807) is 10.3 Å².